The smallest absolute Gasteiger partial charge is 0.323 e. The Morgan fingerprint density at radius 2 is 2.16 bits per heavy atom. The fourth-order valence-corrected chi connectivity index (χ4v) is 2.30. The summed E-state index contributed by atoms with van der Waals surface area (Å²) in [4.78, 5) is 17.7. The van der Waals surface area contributed by atoms with Gasteiger partial charge < -0.3 is 9.42 Å². The topological polar surface area (TPSA) is 89.1 Å². The summed E-state index contributed by atoms with van der Waals surface area (Å²) in [5, 5.41) is 10.7. The summed E-state index contributed by atoms with van der Waals surface area (Å²) in [5.41, 5.74) is 1.34. The highest BCUT2D eigenvalue weighted by Gasteiger charge is 2.15. The van der Waals surface area contributed by atoms with Gasteiger partial charge in [0.2, 0.25) is 5.89 Å². The van der Waals surface area contributed by atoms with Crippen molar-refractivity contribution < 1.29 is 13.7 Å². The molecule has 2 heterocycles. The Kier molecular flexibility index (Phi) is 4.46. The molecule has 0 aliphatic heterocycles. The number of hydrogen-bond acceptors (Lipinski definition) is 5. The number of anilines is 1. The van der Waals surface area contributed by atoms with Crippen LogP contribution in [-0.2, 0) is 6.54 Å². The van der Waals surface area contributed by atoms with Crippen LogP contribution in [-0.4, -0.2) is 37.9 Å². The van der Waals surface area contributed by atoms with Crippen molar-refractivity contribution in [1.29, 1.82) is 0 Å². The van der Waals surface area contributed by atoms with Crippen LogP contribution >= 0.6 is 0 Å². The fraction of sp³-hybridized carbons (Fsp3) is 0.250. The van der Waals surface area contributed by atoms with Gasteiger partial charge in [0.05, 0.1) is 12.2 Å². The zero-order valence-corrected chi connectivity index (χ0v) is 14.0. The van der Waals surface area contributed by atoms with E-state index in [9.17, 15) is 9.18 Å². The minimum absolute atomic E-state index is 0.201. The number of benzene rings is 1. The average molecular weight is 344 g/mol. The summed E-state index contributed by atoms with van der Waals surface area (Å²) >= 11 is 0. The molecule has 0 spiro atoms. The van der Waals surface area contributed by atoms with Crippen molar-refractivity contribution in [3.05, 3.63) is 53.6 Å². The van der Waals surface area contributed by atoms with Gasteiger partial charge in [0.1, 0.15) is 5.82 Å². The quantitative estimate of drug-likeness (QED) is 0.786. The summed E-state index contributed by atoms with van der Waals surface area (Å²) in [7, 11) is 1.61. The van der Waals surface area contributed by atoms with E-state index < -0.39 is 0 Å². The Bertz CT molecular complexity index is 904. The van der Waals surface area contributed by atoms with E-state index in [1.54, 1.807) is 36.9 Å². The van der Waals surface area contributed by atoms with Gasteiger partial charge in [-0.3, -0.25) is 5.32 Å². The van der Waals surface area contributed by atoms with Crippen molar-refractivity contribution >= 4 is 11.8 Å². The summed E-state index contributed by atoms with van der Waals surface area (Å²) in [6.45, 7) is 3.70. The molecule has 0 unspecified atom stereocenters. The standard InChI is InChI=1S/C16H17FN6O2/c1-10-7-14(20-23(10)13-6-4-5-12(17)8-13)19-16(24)22(3)9-15-18-11(2)25-21-15/h4-8H,9H2,1-3H3,(H,19,20,24). The first-order chi connectivity index (χ1) is 11.9. The Labute approximate surface area is 143 Å². The van der Waals surface area contributed by atoms with E-state index in [0.29, 0.717) is 23.2 Å². The number of hydrogen-bond donors (Lipinski definition) is 1. The van der Waals surface area contributed by atoms with Crippen LogP contribution in [0.25, 0.3) is 5.69 Å². The van der Waals surface area contributed by atoms with Gasteiger partial charge in [-0.15, -0.1) is 5.10 Å². The van der Waals surface area contributed by atoms with Crippen LogP contribution in [0.5, 0.6) is 0 Å². The second-order valence-electron chi connectivity index (χ2n) is 5.58. The van der Waals surface area contributed by atoms with Crippen LogP contribution in [0.15, 0.2) is 34.9 Å². The normalized spacial score (nSPS) is 10.7. The lowest BCUT2D eigenvalue weighted by Gasteiger charge is -2.14. The summed E-state index contributed by atoms with van der Waals surface area (Å²) in [6.07, 6.45) is 0. The molecule has 25 heavy (non-hydrogen) atoms. The van der Waals surface area contributed by atoms with E-state index in [2.05, 4.69) is 20.6 Å². The third kappa shape index (κ3) is 3.82. The molecular formula is C16H17FN6O2. The van der Waals surface area contributed by atoms with Crippen LogP contribution in [0, 0.1) is 19.7 Å². The molecule has 2 aromatic heterocycles. The SMILES string of the molecule is Cc1nc(CN(C)C(=O)Nc2cc(C)n(-c3cccc(F)c3)n2)no1. The predicted molar refractivity (Wildman–Crippen MR) is 87.8 cm³/mol. The number of carbonyl (C=O) groups is 1. The summed E-state index contributed by atoms with van der Waals surface area (Å²) in [5.74, 6) is 0.862. The van der Waals surface area contributed by atoms with Crippen molar-refractivity contribution in [1.82, 2.24) is 24.8 Å². The van der Waals surface area contributed by atoms with Gasteiger partial charge in [-0.1, -0.05) is 11.2 Å². The largest absolute Gasteiger partial charge is 0.340 e. The third-order valence-electron chi connectivity index (χ3n) is 3.47. The fourth-order valence-electron chi connectivity index (χ4n) is 2.30. The molecule has 8 nitrogen and oxygen atoms in total. The number of urea groups is 1. The number of halogens is 1. The van der Waals surface area contributed by atoms with E-state index in [0.717, 1.165) is 5.69 Å². The number of aryl methyl sites for hydroxylation is 2. The molecule has 9 heteroatoms. The van der Waals surface area contributed by atoms with E-state index in [4.69, 9.17) is 4.52 Å². The van der Waals surface area contributed by atoms with Crippen molar-refractivity contribution in [2.45, 2.75) is 20.4 Å². The molecule has 2 amide bonds. The molecular weight excluding hydrogens is 327 g/mol. The molecule has 1 N–H and O–H groups in total. The van der Waals surface area contributed by atoms with Gasteiger partial charge >= 0.3 is 6.03 Å². The number of amides is 2. The van der Waals surface area contributed by atoms with Crippen LogP contribution in [0.2, 0.25) is 0 Å². The maximum Gasteiger partial charge on any atom is 0.323 e. The number of carbonyl (C=O) groups excluding carboxylic acids is 1. The zero-order valence-electron chi connectivity index (χ0n) is 14.0. The van der Waals surface area contributed by atoms with Gasteiger partial charge in [0.15, 0.2) is 11.6 Å². The monoisotopic (exact) mass is 344 g/mol. The highest BCUT2D eigenvalue weighted by atomic mass is 19.1. The lowest BCUT2D eigenvalue weighted by atomic mass is 10.3. The number of aromatic nitrogens is 4. The van der Waals surface area contributed by atoms with Gasteiger partial charge in [0.25, 0.3) is 0 Å². The lowest BCUT2D eigenvalue weighted by Crippen LogP contribution is -2.31. The van der Waals surface area contributed by atoms with Crippen LogP contribution in [0.1, 0.15) is 17.4 Å². The molecule has 1 aromatic carbocycles. The zero-order chi connectivity index (χ0) is 18.0. The van der Waals surface area contributed by atoms with Crippen molar-refractivity contribution in [2.75, 3.05) is 12.4 Å². The number of nitrogens with one attached hydrogen (secondary N) is 1. The first kappa shape index (κ1) is 16.6. The van der Waals surface area contributed by atoms with Crippen LogP contribution in [0.3, 0.4) is 0 Å². The van der Waals surface area contributed by atoms with Gasteiger partial charge in [-0.05, 0) is 25.1 Å². The Morgan fingerprint density at radius 1 is 1.36 bits per heavy atom. The molecule has 0 radical (unpaired) electrons. The van der Waals surface area contributed by atoms with Gasteiger partial charge in [0, 0.05) is 25.7 Å². The highest BCUT2D eigenvalue weighted by molar-refractivity contribution is 5.88. The first-order valence-corrected chi connectivity index (χ1v) is 7.56. The molecule has 130 valence electrons. The minimum atomic E-state index is -0.369. The summed E-state index contributed by atoms with van der Waals surface area (Å²) in [6, 6.07) is 7.40. The Morgan fingerprint density at radius 3 is 2.84 bits per heavy atom. The van der Waals surface area contributed by atoms with E-state index in [1.807, 2.05) is 6.92 Å². The third-order valence-corrected chi connectivity index (χ3v) is 3.47. The lowest BCUT2D eigenvalue weighted by molar-refractivity contribution is 0.219. The maximum atomic E-state index is 13.4. The molecule has 0 bridgehead atoms. The maximum absolute atomic E-state index is 13.4. The van der Waals surface area contributed by atoms with Crippen LogP contribution < -0.4 is 5.32 Å². The highest BCUT2D eigenvalue weighted by Crippen LogP contribution is 2.16. The van der Waals surface area contributed by atoms with Crippen LogP contribution in [0.4, 0.5) is 15.0 Å². The Balaban J connectivity index is 1.70. The molecule has 0 fully saturated rings. The molecule has 3 rings (SSSR count). The average Bonchev–Trinajstić information content (AvgIpc) is 3.12. The Hall–Kier alpha value is -3.23. The minimum Gasteiger partial charge on any atom is -0.340 e. The molecule has 0 atom stereocenters. The van der Waals surface area contributed by atoms with E-state index in [1.165, 1.54) is 17.0 Å². The predicted octanol–water partition coefficient (Wildman–Crippen LogP) is 2.68. The second-order valence-corrected chi connectivity index (χ2v) is 5.58. The van der Waals surface area contributed by atoms with Crippen molar-refractivity contribution in [3.63, 3.8) is 0 Å². The first-order valence-electron chi connectivity index (χ1n) is 7.56. The van der Waals surface area contributed by atoms with E-state index >= 15 is 0 Å². The molecule has 0 saturated carbocycles. The molecule has 3 aromatic rings. The van der Waals surface area contributed by atoms with Gasteiger partial charge in [-0.25, -0.2) is 13.9 Å². The van der Waals surface area contributed by atoms with Gasteiger partial charge in [-0.2, -0.15) is 4.98 Å². The van der Waals surface area contributed by atoms with E-state index in [-0.39, 0.29) is 18.4 Å². The number of nitrogens with zero attached hydrogens (tertiary/aromatic N) is 5. The molecule has 0 aliphatic rings. The number of rotatable bonds is 4. The second kappa shape index (κ2) is 6.71. The molecule has 0 aliphatic carbocycles. The van der Waals surface area contributed by atoms with Crippen molar-refractivity contribution in [3.8, 4) is 5.69 Å². The molecule has 0 saturated heterocycles. The van der Waals surface area contributed by atoms with Crippen molar-refractivity contribution in [2.24, 2.45) is 0 Å². The summed E-state index contributed by atoms with van der Waals surface area (Å²) < 4.78 is 19.8.